The summed E-state index contributed by atoms with van der Waals surface area (Å²) in [6.45, 7) is 1.75. The van der Waals surface area contributed by atoms with Gasteiger partial charge in [0.25, 0.3) is 0 Å². The summed E-state index contributed by atoms with van der Waals surface area (Å²) >= 11 is 3.30. The van der Waals surface area contributed by atoms with Gasteiger partial charge in [-0.3, -0.25) is 9.89 Å². The molecule has 0 aliphatic heterocycles. The minimum atomic E-state index is -1.04. The van der Waals surface area contributed by atoms with Gasteiger partial charge in [-0.25, -0.2) is 13.8 Å². The molecular weight excluding hydrogens is 497 g/mol. The summed E-state index contributed by atoms with van der Waals surface area (Å²) in [7, 11) is 0. The first kappa shape index (κ1) is 17.9. The van der Waals surface area contributed by atoms with Crippen LogP contribution in [-0.2, 0) is 4.79 Å². The molecule has 9 heteroatoms. The average molecular weight is 510 g/mol. The third-order valence-corrected chi connectivity index (χ3v) is 6.93. The van der Waals surface area contributed by atoms with Crippen LogP contribution in [-0.4, -0.2) is 27.3 Å². The van der Waals surface area contributed by atoms with Gasteiger partial charge in [-0.05, 0) is 64.8 Å². The minimum absolute atomic E-state index is 0.269. The van der Waals surface area contributed by atoms with Crippen LogP contribution in [0.2, 0.25) is 0 Å². The summed E-state index contributed by atoms with van der Waals surface area (Å²) in [5, 5.41) is 10.9. The molecule has 28 heavy (non-hydrogen) atoms. The monoisotopic (exact) mass is 510 g/mol. The number of halogens is 3. The summed E-state index contributed by atoms with van der Waals surface area (Å²) in [6.07, 6.45) is 0.932. The van der Waals surface area contributed by atoms with Crippen LogP contribution < -0.4 is 5.32 Å². The van der Waals surface area contributed by atoms with Gasteiger partial charge >= 0.3 is 0 Å². The number of alkyl halides is 1. The lowest BCUT2D eigenvalue weighted by atomic mass is 9.96. The number of amides is 1. The molecule has 1 aliphatic rings. The molecule has 1 aliphatic carbocycles. The van der Waals surface area contributed by atoms with Gasteiger partial charge in [-0.2, -0.15) is 5.10 Å². The Bertz CT molecular complexity index is 1270. The highest BCUT2D eigenvalue weighted by Gasteiger charge is 2.43. The Morgan fingerprint density at radius 1 is 1.43 bits per heavy atom. The maximum atomic E-state index is 14.7. The van der Waals surface area contributed by atoms with Crippen molar-refractivity contribution in [3.63, 3.8) is 0 Å². The normalized spacial score (nSPS) is 18.7. The van der Waals surface area contributed by atoms with Crippen LogP contribution in [0.4, 0.5) is 13.9 Å². The average Bonchev–Trinajstić information content (AvgIpc) is 3.06. The van der Waals surface area contributed by atoms with E-state index >= 15 is 0 Å². The lowest BCUT2D eigenvalue weighted by Crippen LogP contribution is -2.14. The SMILES string of the molecule is Cc1c(F)c(I)c2[nH]ncc2c1-c1ccc2nc(NC(=O)[C@@H]3C[C@@H]3F)sc2c1. The lowest BCUT2D eigenvalue weighted by Gasteiger charge is -2.11. The molecule has 2 heterocycles. The Hall–Kier alpha value is -2.14. The van der Waals surface area contributed by atoms with Gasteiger partial charge in [-0.1, -0.05) is 17.4 Å². The molecule has 2 aromatic heterocycles. The number of aromatic amines is 1. The van der Waals surface area contributed by atoms with Crippen molar-refractivity contribution in [1.82, 2.24) is 15.2 Å². The molecule has 1 saturated carbocycles. The van der Waals surface area contributed by atoms with Crippen molar-refractivity contribution in [1.29, 1.82) is 0 Å². The zero-order valence-electron chi connectivity index (χ0n) is 14.5. The molecule has 5 rings (SSSR count). The molecule has 1 amide bonds. The van der Waals surface area contributed by atoms with E-state index < -0.39 is 12.1 Å². The molecule has 0 radical (unpaired) electrons. The fraction of sp³-hybridized carbons (Fsp3) is 0.211. The van der Waals surface area contributed by atoms with Crippen molar-refractivity contribution in [2.75, 3.05) is 5.32 Å². The Morgan fingerprint density at radius 2 is 2.21 bits per heavy atom. The van der Waals surface area contributed by atoms with E-state index in [0.717, 1.165) is 26.7 Å². The van der Waals surface area contributed by atoms with Crippen LogP contribution in [0.15, 0.2) is 24.4 Å². The van der Waals surface area contributed by atoms with Gasteiger partial charge in [0, 0.05) is 5.39 Å². The van der Waals surface area contributed by atoms with Crippen LogP contribution in [0.1, 0.15) is 12.0 Å². The second-order valence-corrected chi connectivity index (χ2v) is 8.95. The van der Waals surface area contributed by atoms with E-state index in [4.69, 9.17) is 0 Å². The van der Waals surface area contributed by atoms with E-state index in [1.54, 1.807) is 13.1 Å². The quantitative estimate of drug-likeness (QED) is 0.373. The summed E-state index contributed by atoms with van der Waals surface area (Å²) in [6, 6.07) is 5.65. The molecule has 1 fully saturated rings. The number of aromatic nitrogens is 3. The predicted octanol–water partition coefficient (Wildman–Crippen LogP) is 5.19. The first-order valence-corrected chi connectivity index (χ1v) is 10.5. The number of nitrogens with zero attached hydrogens (tertiary/aromatic N) is 2. The molecule has 0 spiro atoms. The number of carbonyl (C=O) groups excluding carboxylic acids is 1. The van der Waals surface area contributed by atoms with Gasteiger partial charge in [0.15, 0.2) is 5.13 Å². The summed E-state index contributed by atoms with van der Waals surface area (Å²) < 4.78 is 29.1. The Kier molecular flexibility index (Phi) is 4.13. The number of hydrogen-bond donors (Lipinski definition) is 2. The molecule has 2 N–H and O–H groups in total. The number of carbonyl (C=O) groups is 1. The molecular formula is C19H13F2IN4OS. The van der Waals surface area contributed by atoms with Crippen LogP contribution >= 0.6 is 33.9 Å². The number of rotatable bonds is 3. The number of benzene rings is 2. The van der Waals surface area contributed by atoms with Gasteiger partial charge in [0.2, 0.25) is 5.91 Å². The molecule has 0 saturated heterocycles. The van der Waals surface area contributed by atoms with E-state index in [1.807, 2.05) is 40.8 Å². The predicted molar refractivity (Wildman–Crippen MR) is 114 cm³/mol. The number of thiazole rings is 1. The molecule has 0 unspecified atom stereocenters. The molecule has 0 bridgehead atoms. The first-order valence-electron chi connectivity index (χ1n) is 8.60. The number of fused-ring (bicyclic) bond motifs is 2. The molecule has 2 atom stereocenters. The molecule has 4 aromatic rings. The topological polar surface area (TPSA) is 70.7 Å². The standard InChI is InChI=1S/C19H13F2IN4OS/c1-7-14(10-6-23-26-17(10)16(22)15(7)21)8-2-3-12-13(4-8)28-19(24-12)25-18(27)9-5-11(9)20/h2-4,6,9,11H,5H2,1H3,(H,23,26)(H,24,25,27)/t9-,11+/m1/s1. The summed E-state index contributed by atoms with van der Waals surface area (Å²) in [4.78, 5) is 16.3. The highest BCUT2D eigenvalue weighted by molar-refractivity contribution is 14.1. The summed E-state index contributed by atoms with van der Waals surface area (Å²) in [5.74, 6) is -1.16. The molecule has 2 aromatic carbocycles. The maximum Gasteiger partial charge on any atom is 0.232 e. The highest BCUT2D eigenvalue weighted by Crippen LogP contribution is 2.39. The van der Waals surface area contributed by atoms with Crippen molar-refractivity contribution in [2.24, 2.45) is 5.92 Å². The second kappa shape index (κ2) is 6.45. The second-order valence-electron chi connectivity index (χ2n) is 6.84. The third-order valence-electron chi connectivity index (χ3n) is 4.98. The zero-order chi connectivity index (χ0) is 19.6. The number of H-pyrrole nitrogens is 1. The minimum Gasteiger partial charge on any atom is -0.302 e. The van der Waals surface area contributed by atoms with Crippen molar-refractivity contribution >= 4 is 66.1 Å². The van der Waals surface area contributed by atoms with Crippen LogP contribution in [0.25, 0.3) is 32.2 Å². The smallest absolute Gasteiger partial charge is 0.232 e. The maximum absolute atomic E-state index is 14.7. The summed E-state index contributed by atoms with van der Waals surface area (Å²) in [5.41, 5.74) is 3.57. The van der Waals surface area contributed by atoms with E-state index in [9.17, 15) is 13.6 Å². The van der Waals surface area contributed by atoms with E-state index in [0.29, 0.717) is 19.8 Å². The van der Waals surface area contributed by atoms with Gasteiger partial charge in [0.1, 0.15) is 12.0 Å². The molecule has 142 valence electrons. The fourth-order valence-corrected chi connectivity index (χ4v) is 5.09. The largest absolute Gasteiger partial charge is 0.302 e. The van der Waals surface area contributed by atoms with E-state index in [2.05, 4.69) is 20.5 Å². The third kappa shape index (κ3) is 2.79. The van der Waals surface area contributed by atoms with Gasteiger partial charge in [0.05, 0.1) is 31.4 Å². The lowest BCUT2D eigenvalue weighted by molar-refractivity contribution is -0.117. The van der Waals surface area contributed by atoms with Crippen molar-refractivity contribution in [3.8, 4) is 11.1 Å². The van der Waals surface area contributed by atoms with E-state index in [-0.39, 0.29) is 18.1 Å². The number of nitrogens with one attached hydrogen (secondary N) is 2. The molecule has 5 nitrogen and oxygen atoms in total. The van der Waals surface area contributed by atoms with E-state index in [1.165, 1.54) is 11.3 Å². The number of hydrogen-bond acceptors (Lipinski definition) is 4. The van der Waals surface area contributed by atoms with Gasteiger partial charge < -0.3 is 5.32 Å². The Balaban J connectivity index is 1.58. The fourth-order valence-electron chi connectivity index (χ4n) is 3.37. The van der Waals surface area contributed by atoms with Crippen molar-refractivity contribution < 1.29 is 13.6 Å². The van der Waals surface area contributed by atoms with Crippen LogP contribution in [0.3, 0.4) is 0 Å². The van der Waals surface area contributed by atoms with Crippen molar-refractivity contribution in [2.45, 2.75) is 19.5 Å². The Morgan fingerprint density at radius 3 is 2.96 bits per heavy atom. The highest BCUT2D eigenvalue weighted by atomic mass is 127. The zero-order valence-corrected chi connectivity index (χ0v) is 17.5. The number of anilines is 1. The Labute approximate surface area is 175 Å². The van der Waals surface area contributed by atoms with Crippen LogP contribution in [0.5, 0.6) is 0 Å². The first-order chi connectivity index (χ1) is 13.4. The van der Waals surface area contributed by atoms with Crippen LogP contribution in [0, 0.1) is 22.2 Å². The van der Waals surface area contributed by atoms with Gasteiger partial charge in [-0.15, -0.1) is 0 Å². The van der Waals surface area contributed by atoms with Crippen molar-refractivity contribution in [3.05, 3.63) is 39.3 Å².